The highest BCUT2D eigenvalue weighted by Gasteiger charge is 2.48. The van der Waals surface area contributed by atoms with Gasteiger partial charge in [-0.3, -0.25) is 0 Å². The molecular weight excluding hydrogens is 292 g/mol. The highest BCUT2D eigenvalue weighted by Crippen LogP contribution is 2.26. The normalized spacial score (nSPS) is 51.9. The maximum absolute atomic E-state index is 9.87. The Labute approximate surface area is 119 Å². The first-order valence-corrected chi connectivity index (χ1v) is 6.48. The molecule has 0 amide bonds. The van der Waals surface area contributed by atoms with Crippen LogP contribution in [0.1, 0.15) is 0 Å². The minimum atomic E-state index is -1.68. The molecule has 0 bridgehead atoms. The van der Waals surface area contributed by atoms with Gasteiger partial charge in [-0.1, -0.05) is 0 Å². The van der Waals surface area contributed by atoms with Crippen LogP contribution < -0.4 is 0 Å². The number of ether oxygens (including phenoxy) is 3. The molecule has 2 saturated heterocycles. The van der Waals surface area contributed by atoms with Crippen LogP contribution in [0.2, 0.25) is 0 Å². The summed E-state index contributed by atoms with van der Waals surface area (Å²) in [4.78, 5) is 0. The van der Waals surface area contributed by atoms with Crippen molar-refractivity contribution < 1.29 is 50.0 Å². The fraction of sp³-hybridized carbons (Fsp3) is 1.00. The molecule has 0 aromatic carbocycles. The smallest absolute Gasteiger partial charge is 0.186 e. The molecular formula is C11H20O10. The van der Waals surface area contributed by atoms with Crippen molar-refractivity contribution in [3.63, 3.8) is 0 Å². The minimum absolute atomic E-state index is 0.315. The van der Waals surface area contributed by atoms with E-state index in [4.69, 9.17) is 19.3 Å². The highest BCUT2D eigenvalue weighted by molar-refractivity contribution is 4.91. The summed E-state index contributed by atoms with van der Waals surface area (Å²) in [5.41, 5.74) is 0. The lowest BCUT2D eigenvalue weighted by atomic mass is 9.98. The summed E-state index contributed by atoms with van der Waals surface area (Å²) in [7, 11) is 0. The lowest BCUT2D eigenvalue weighted by Crippen LogP contribution is -2.62. The summed E-state index contributed by atoms with van der Waals surface area (Å²) in [6, 6.07) is 0. The van der Waals surface area contributed by atoms with Crippen LogP contribution in [0.15, 0.2) is 0 Å². The predicted octanol–water partition coefficient (Wildman–Crippen LogP) is -4.76. The number of aliphatic hydroxyl groups is 7. The largest absolute Gasteiger partial charge is 0.394 e. The fourth-order valence-electron chi connectivity index (χ4n) is 2.27. The molecule has 9 atom stereocenters. The van der Waals surface area contributed by atoms with Crippen LogP contribution in [0.5, 0.6) is 0 Å². The van der Waals surface area contributed by atoms with E-state index in [9.17, 15) is 30.6 Å². The Morgan fingerprint density at radius 3 is 2.19 bits per heavy atom. The van der Waals surface area contributed by atoms with Gasteiger partial charge in [-0.2, -0.15) is 0 Å². The van der Waals surface area contributed by atoms with Gasteiger partial charge in [0.05, 0.1) is 13.2 Å². The summed E-state index contributed by atoms with van der Waals surface area (Å²) in [5, 5.41) is 66.7. The summed E-state index contributed by atoms with van der Waals surface area (Å²) >= 11 is 0. The fourth-order valence-corrected chi connectivity index (χ4v) is 2.27. The number of rotatable bonds is 3. The molecule has 2 heterocycles. The average molecular weight is 312 g/mol. The lowest BCUT2D eigenvalue weighted by molar-refractivity contribution is -0.349. The molecule has 0 radical (unpaired) electrons. The predicted molar refractivity (Wildman–Crippen MR) is 62.6 cm³/mol. The van der Waals surface area contributed by atoms with Gasteiger partial charge in [0.15, 0.2) is 12.6 Å². The summed E-state index contributed by atoms with van der Waals surface area (Å²) in [6.07, 6.45) is -13.3. The molecule has 10 nitrogen and oxygen atoms in total. The van der Waals surface area contributed by atoms with Gasteiger partial charge < -0.3 is 50.0 Å². The van der Waals surface area contributed by atoms with Crippen molar-refractivity contribution in [3.8, 4) is 0 Å². The van der Waals surface area contributed by atoms with E-state index < -0.39 is 61.9 Å². The summed E-state index contributed by atoms with van der Waals surface area (Å²) in [5.74, 6) is 0. The van der Waals surface area contributed by atoms with Crippen LogP contribution in [0, 0.1) is 0 Å². The first-order valence-electron chi connectivity index (χ1n) is 6.48. The number of aliphatic hydroxyl groups excluding tert-OH is 7. The van der Waals surface area contributed by atoms with E-state index in [1.807, 2.05) is 0 Å². The lowest BCUT2D eigenvalue weighted by Gasteiger charge is -2.43. The zero-order valence-electron chi connectivity index (χ0n) is 11.0. The summed E-state index contributed by atoms with van der Waals surface area (Å²) < 4.78 is 15.0. The maximum Gasteiger partial charge on any atom is 0.186 e. The van der Waals surface area contributed by atoms with E-state index in [2.05, 4.69) is 0 Å². The molecule has 2 aliphatic heterocycles. The Hall–Kier alpha value is -0.400. The molecule has 2 fully saturated rings. The zero-order chi connectivity index (χ0) is 15.7. The van der Waals surface area contributed by atoms with Gasteiger partial charge in [0.1, 0.15) is 42.7 Å². The SMILES string of the molecule is OC[C@H]1O[C@@H](O)[C@H](O[C@H]2OC[C@H](O)[C@@H](O)[C@@H]2O)[C@@H](O)[C@@H]1O. The molecule has 124 valence electrons. The molecule has 2 rings (SSSR count). The van der Waals surface area contributed by atoms with Crippen molar-refractivity contribution >= 4 is 0 Å². The van der Waals surface area contributed by atoms with E-state index in [0.29, 0.717) is 0 Å². The number of hydrogen-bond donors (Lipinski definition) is 7. The van der Waals surface area contributed by atoms with Crippen LogP contribution >= 0.6 is 0 Å². The molecule has 2 aliphatic rings. The van der Waals surface area contributed by atoms with Crippen molar-refractivity contribution in [2.24, 2.45) is 0 Å². The standard InChI is InChI=1S/C11H20O10/c12-1-4-6(15)7(16)9(10(18)20-4)21-11-8(17)5(14)3(13)2-19-11/h3-18H,1-2H2/t3-,4+,5+,6+,7-,8-,9+,10+,11+/m0/s1. The second kappa shape index (κ2) is 6.79. The van der Waals surface area contributed by atoms with Crippen molar-refractivity contribution in [1.82, 2.24) is 0 Å². The Bertz CT molecular complexity index is 341. The molecule has 0 saturated carbocycles. The van der Waals surface area contributed by atoms with Crippen LogP contribution in [0.4, 0.5) is 0 Å². The van der Waals surface area contributed by atoms with Crippen molar-refractivity contribution in [3.05, 3.63) is 0 Å². The van der Waals surface area contributed by atoms with Crippen molar-refractivity contribution in [1.29, 1.82) is 0 Å². The molecule has 10 heteroatoms. The third-order valence-electron chi connectivity index (χ3n) is 3.59. The van der Waals surface area contributed by atoms with Crippen LogP contribution in [-0.4, -0.2) is 104 Å². The molecule has 0 aromatic rings. The van der Waals surface area contributed by atoms with Gasteiger partial charge in [0, 0.05) is 0 Å². The van der Waals surface area contributed by atoms with Crippen LogP contribution in [-0.2, 0) is 14.2 Å². The second-order valence-corrected chi connectivity index (χ2v) is 5.08. The van der Waals surface area contributed by atoms with E-state index in [1.165, 1.54) is 0 Å². The van der Waals surface area contributed by atoms with E-state index >= 15 is 0 Å². The molecule has 0 unspecified atom stereocenters. The molecule has 21 heavy (non-hydrogen) atoms. The van der Waals surface area contributed by atoms with Crippen molar-refractivity contribution in [2.45, 2.75) is 55.3 Å². The van der Waals surface area contributed by atoms with Gasteiger partial charge in [0.2, 0.25) is 0 Å². The first-order chi connectivity index (χ1) is 9.86. The third-order valence-corrected chi connectivity index (χ3v) is 3.59. The van der Waals surface area contributed by atoms with Gasteiger partial charge in [-0.05, 0) is 0 Å². The van der Waals surface area contributed by atoms with Gasteiger partial charge >= 0.3 is 0 Å². The Balaban J connectivity index is 2.01. The topological polar surface area (TPSA) is 169 Å². The van der Waals surface area contributed by atoms with Crippen LogP contribution in [0.3, 0.4) is 0 Å². The molecule has 0 spiro atoms. The molecule has 0 aliphatic carbocycles. The van der Waals surface area contributed by atoms with Gasteiger partial charge in [-0.25, -0.2) is 0 Å². The minimum Gasteiger partial charge on any atom is -0.394 e. The van der Waals surface area contributed by atoms with E-state index in [1.54, 1.807) is 0 Å². The number of hydrogen-bond acceptors (Lipinski definition) is 10. The zero-order valence-corrected chi connectivity index (χ0v) is 11.0. The molecule has 0 aromatic heterocycles. The quantitative estimate of drug-likeness (QED) is 0.268. The van der Waals surface area contributed by atoms with Gasteiger partial charge in [0.25, 0.3) is 0 Å². The summed E-state index contributed by atoms with van der Waals surface area (Å²) in [6.45, 7) is -0.931. The third kappa shape index (κ3) is 3.35. The Morgan fingerprint density at radius 1 is 0.905 bits per heavy atom. The first kappa shape index (κ1) is 17.0. The van der Waals surface area contributed by atoms with E-state index in [0.717, 1.165) is 0 Å². The van der Waals surface area contributed by atoms with Gasteiger partial charge in [-0.15, -0.1) is 0 Å². The average Bonchev–Trinajstić information content (AvgIpc) is 2.47. The molecule has 7 N–H and O–H groups in total. The second-order valence-electron chi connectivity index (χ2n) is 5.08. The van der Waals surface area contributed by atoms with Crippen LogP contribution in [0.25, 0.3) is 0 Å². The van der Waals surface area contributed by atoms with E-state index in [-0.39, 0.29) is 6.61 Å². The Morgan fingerprint density at radius 2 is 1.57 bits per heavy atom. The Kier molecular flexibility index (Phi) is 5.48. The highest BCUT2D eigenvalue weighted by atomic mass is 16.7. The maximum atomic E-state index is 9.87. The monoisotopic (exact) mass is 312 g/mol. The van der Waals surface area contributed by atoms with Crippen molar-refractivity contribution in [2.75, 3.05) is 13.2 Å².